The number of hydrogen-bond acceptors (Lipinski definition) is 3. The van der Waals surface area contributed by atoms with Crippen LogP contribution in [0.1, 0.15) is 25.0 Å². The lowest BCUT2D eigenvalue weighted by molar-refractivity contribution is -0.117. The molecule has 1 aliphatic heterocycles. The van der Waals surface area contributed by atoms with Crippen molar-refractivity contribution in [3.63, 3.8) is 0 Å². The first-order valence-corrected chi connectivity index (χ1v) is 7.31. The largest absolute Gasteiger partial charge is 0.496 e. The summed E-state index contributed by atoms with van der Waals surface area (Å²) in [4.78, 5) is 16.0. The molecule has 0 radical (unpaired) electrons. The van der Waals surface area contributed by atoms with Gasteiger partial charge in [0.15, 0.2) is 0 Å². The SMILES string of the molecule is COc1cccc(CC2=NC(=O)C(C(C)C)S2)c1C. The lowest BCUT2D eigenvalue weighted by Gasteiger charge is -2.12. The summed E-state index contributed by atoms with van der Waals surface area (Å²) in [6.45, 7) is 6.16. The minimum atomic E-state index is -0.0130. The molecule has 0 fully saturated rings. The van der Waals surface area contributed by atoms with Gasteiger partial charge in [-0.3, -0.25) is 4.79 Å². The van der Waals surface area contributed by atoms with E-state index in [-0.39, 0.29) is 11.2 Å². The Bertz CT molecular complexity index is 523. The highest BCUT2D eigenvalue weighted by Crippen LogP contribution is 2.31. The number of rotatable bonds is 4. The lowest BCUT2D eigenvalue weighted by atomic mass is 10.1. The third-order valence-corrected chi connectivity index (χ3v) is 4.81. The summed E-state index contributed by atoms with van der Waals surface area (Å²) >= 11 is 1.60. The van der Waals surface area contributed by atoms with Gasteiger partial charge in [0.25, 0.3) is 5.91 Å². The van der Waals surface area contributed by atoms with Gasteiger partial charge >= 0.3 is 0 Å². The first-order chi connectivity index (χ1) is 9.02. The number of ether oxygens (including phenoxy) is 1. The molecule has 0 aliphatic carbocycles. The molecule has 0 spiro atoms. The topological polar surface area (TPSA) is 38.7 Å². The van der Waals surface area contributed by atoms with Gasteiger partial charge in [-0.1, -0.05) is 37.7 Å². The Morgan fingerprint density at radius 1 is 1.42 bits per heavy atom. The van der Waals surface area contributed by atoms with E-state index >= 15 is 0 Å². The fourth-order valence-electron chi connectivity index (χ4n) is 2.15. The predicted octanol–water partition coefficient (Wildman–Crippen LogP) is 3.24. The average molecular weight is 277 g/mol. The highest BCUT2D eigenvalue weighted by atomic mass is 32.2. The first-order valence-electron chi connectivity index (χ1n) is 6.43. The number of carbonyl (C=O) groups excluding carboxylic acids is 1. The number of nitrogens with zero attached hydrogens (tertiary/aromatic N) is 1. The van der Waals surface area contributed by atoms with E-state index in [1.54, 1.807) is 18.9 Å². The van der Waals surface area contributed by atoms with E-state index in [4.69, 9.17) is 4.74 Å². The Morgan fingerprint density at radius 3 is 2.74 bits per heavy atom. The molecule has 4 heteroatoms. The first kappa shape index (κ1) is 14.1. The number of methoxy groups -OCH3 is 1. The molecule has 19 heavy (non-hydrogen) atoms. The van der Waals surface area contributed by atoms with Crippen LogP contribution in [0, 0.1) is 12.8 Å². The number of aliphatic imine (C=N–C) groups is 1. The normalized spacial score (nSPS) is 18.9. The summed E-state index contributed by atoms with van der Waals surface area (Å²) in [7, 11) is 1.67. The van der Waals surface area contributed by atoms with E-state index < -0.39 is 0 Å². The predicted molar refractivity (Wildman–Crippen MR) is 80.1 cm³/mol. The molecule has 102 valence electrons. The van der Waals surface area contributed by atoms with Gasteiger partial charge in [0.2, 0.25) is 0 Å². The van der Waals surface area contributed by atoms with Crippen LogP contribution in [0.4, 0.5) is 0 Å². The summed E-state index contributed by atoms with van der Waals surface area (Å²) in [5.74, 6) is 1.22. The second kappa shape index (κ2) is 5.78. The van der Waals surface area contributed by atoms with Crippen LogP contribution < -0.4 is 4.74 Å². The Kier molecular flexibility index (Phi) is 4.30. The number of benzene rings is 1. The molecule has 0 N–H and O–H groups in total. The quantitative estimate of drug-likeness (QED) is 0.848. The van der Waals surface area contributed by atoms with Crippen molar-refractivity contribution in [2.45, 2.75) is 32.4 Å². The Labute approximate surface area is 118 Å². The molecule has 1 atom stereocenters. The summed E-state index contributed by atoms with van der Waals surface area (Å²) in [6.07, 6.45) is 0.711. The molecule has 0 saturated carbocycles. The molecule has 1 aromatic carbocycles. The Balaban J connectivity index is 2.15. The Morgan fingerprint density at radius 2 is 2.16 bits per heavy atom. The van der Waals surface area contributed by atoms with E-state index in [0.29, 0.717) is 12.3 Å². The Hall–Kier alpha value is -1.29. The maximum Gasteiger partial charge on any atom is 0.260 e. The molecule has 1 unspecified atom stereocenters. The van der Waals surface area contributed by atoms with Gasteiger partial charge in [-0.25, -0.2) is 4.99 Å². The molecular weight excluding hydrogens is 258 g/mol. The molecule has 3 nitrogen and oxygen atoms in total. The van der Waals surface area contributed by atoms with Crippen LogP contribution in [-0.4, -0.2) is 23.3 Å². The van der Waals surface area contributed by atoms with E-state index in [9.17, 15) is 4.79 Å². The van der Waals surface area contributed by atoms with Crippen molar-refractivity contribution in [3.05, 3.63) is 29.3 Å². The van der Waals surface area contributed by atoms with E-state index in [1.165, 1.54) is 5.56 Å². The van der Waals surface area contributed by atoms with Gasteiger partial charge in [-0.15, -0.1) is 0 Å². The summed E-state index contributed by atoms with van der Waals surface area (Å²) in [5, 5.41) is 0.904. The minimum absolute atomic E-state index is 0.00977. The standard InChI is InChI=1S/C15H19NO2S/c1-9(2)14-15(17)16-13(19-14)8-11-6-5-7-12(18-4)10(11)3/h5-7,9,14H,8H2,1-4H3. The van der Waals surface area contributed by atoms with Crippen molar-refractivity contribution in [2.75, 3.05) is 7.11 Å². The third-order valence-electron chi connectivity index (χ3n) is 3.30. The van der Waals surface area contributed by atoms with Gasteiger partial charge in [0.05, 0.1) is 17.4 Å². The van der Waals surface area contributed by atoms with Gasteiger partial charge in [-0.05, 0) is 30.0 Å². The molecule has 0 saturated heterocycles. The summed E-state index contributed by atoms with van der Waals surface area (Å²) in [6, 6.07) is 5.99. The minimum Gasteiger partial charge on any atom is -0.496 e. The van der Waals surface area contributed by atoms with Crippen molar-refractivity contribution < 1.29 is 9.53 Å². The molecule has 1 aliphatic rings. The summed E-state index contributed by atoms with van der Waals surface area (Å²) in [5.41, 5.74) is 2.29. The van der Waals surface area contributed by atoms with E-state index in [1.807, 2.05) is 19.1 Å². The number of thioether (sulfide) groups is 1. The van der Waals surface area contributed by atoms with Crippen LogP contribution in [0.15, 0.2) is 23.2 Å². The maximum atomic E-state index is 11.8. The van der Waals surface area contributed by atoms with Crippen molar-refractivity contribution >= 4 is 22.7 Å². The van der Waals surface area contributed by atoms with Gasteiger partial charge in [0.1, 0.15) is 5.75 Å². The monoisotopic (exact) mass is 277 g/mol. The van der Waals surface area contributed by atoms with Crippen LogP contribution in [0.2, 0.25) is 0 Å². The zero-order chi connectivity index (χ0) is 14.0. The molecule has 2 rings (SSSR count). The second-order valence-corrected chi connectivity index (χ2v) is 6.26. The highest BCUT2D eigenvalue weighted by Gasteiger charge is 2.30. The smallest absolute Gasteiger partial charge is 0.260 e. The third kappa shape index (κ3) is 3.00. The van der Waals surface area contributed by atoms with Crippen LogP contribution in [-0.2, 0) is 11.2 Å². The van der Waals surface area contributed by atoms with E-state index in [2.05, 4.69) is 24.9 Å². The lowest BCUT2D eigenvalue weighted by Crippen LogP contribution is -2.17. The average Bonchev–Trinajstić information content (AvgIpc) is 2.73. The van der Waals surface area contributed by atoms with Crippen molar-refractivity contribution in [3.8, 4) is 5.75 Å². The molecule has 0 bridgehead atoms. The van der Waals surface area contributed by atoms with Crippen LogP contribution in [0.5, 0.6) is 5.75 Å². The van der Waals surface area contributed by atoms with Gasteiger partial charge in [0, 0.05) is 6.42 Å². The summed E-state index contributed by atoms with van der Waals surface area (Å²) < 4.78 is 5.32. The zero-order valence-electron chi connectivity index (χ0n) is 11.8. The van der Waals surface area contributed by atoms with Crippen LogP contribution >= 0.6 is 11.8 Å². The number of hydrogen-bond donors (Lipinski definition) is 0. The fourth-order valence-corrected chi connectivity index (χ4v) is 3.25. The van der Waals surface area contributed by atoms with Crippen molar-refractivity contribution in [1.29, 1.82) is 0 Å². The number of amides is 1. The molecule has 1 heterocycles. The van der Waals surface area contributed by atoms with Gasteiger partial charge < -0.3 is 4.74 Å². The second-order valence-electron chi connectivity index (χ2n) is 5.05. The van der Waals surface area contributed by atoms with Crippen molar-refractivity contribution in [2.24, 2.45) is 10.9 Å². The van der Waals surface area contributed by atoms with Crippen molar-refractivity contribution in [1.82, 2.24) is 0 Å². The fraction of sp³-hybridized carbons (Fsp3) is 0.467. The van der Waals surface area contributed by atoms with E-state index in [0.717, 1.165) is 16.4 Å². The van der Waals surface area contributed by atoms with Gasteiger partial charge in [-0.2, -0.15) is 0 Å². The highest BCUT2D eigenvalue weighted by molar-refractivity contribution is 8.15. The maximum absolute atomic E-state index is 11.8. The molecule has 0 aromatic heterocycles. The zero-order valence-corrected chi connectivity index (χ0v) is 12.6. The molecular formula is C15H19NO2S. The molecule has 1 amide bonds. The van der Waals surface area contributed by atoms with Crippen LogP contribution in [0.3, 0.4) is 0 Å². The molecule has 1 aromatic rings. The van der Waals surface area contributed by atoms with Crippen LogP contribution in [0.25, 0.3) is 0 Å². The number of carbonyl (C=O) groups is 1.